The first-order valence-electron chi connectivity index (χ1n) is 10.2. The lowest BCUT2D eigenvalue weighted by atomic mass is 9.93. The van der Waals surface area contributed by atoms with E-state index < -0.39 is 0 Å². The maximum atomic E-state index is 9.94. The molecule has 0 atom stereocenters. The zero-order valence-electron chi connectivity index (χ0n) is 19.0. The number of benzene rings is 1. The van der Waals surface area contributed by atoms with E-state index in [1.807, 2.05) is 47.6 Å². The Morgan fingerprint density at radius 3 is 1.96 bits per heavy atom. The maximum Gasteiger partial charge on any atom is 0.123 e. The van der Waals surface area contributed by atoms with Gasteiger partial charge in [0.05, 0.1) is 0 Å². The molecule has 0 unspecified atom stereocenters. The van der Waals surface area contributed by atoms with Crippen molar-refractivity contribution in [3.8, 4) is 5.75 Å². The van der Waals surface area contributed by atoms with Crippen LogP contribution in [0.25, 0.3) is 5.57 Å². The third-order valence-electron chi connectivity index (χ3n) is 3.68. The zero-order chi connectivity index (χ0) is 20.4. The number of aromatic hydroxyl groups is 1. The second-order valence-electron chi connectivity index (χ2n) is 5.05. The molecule has 1 aromatic carbocycles. The smallest absolute Gasteiger partial charge is 0.123 e. The summed E-state index contributed by atoms with van der Waals surface area (Å²) >= 11 is 0. The Morgan fingerprint density at radius 2 is 1.50 bits per heavy atom. The van der Waals surface area contributed by atoms with Crippen molar-refractivity contribution in [3.05, 3.63) is 34.9 Å². The lowest BCUT2D eigenvalue weighted by molar-refractivity contribution is 0.313. The van der Waals surface area contributed by atoms with Gasteiger partial charge >= 0.3 is 0 Å². The Hall–Kier alpha value is -1.28. The molecular weight excluding hydrogens is 294 g/mol. The minimum Gasteiger partial charge on any atom is -0.507 e. The molecule has 1 saturated heterocycles. The van der Waals surface area contributed by atoms with E-state index in [0.29, 0.717) is 5.75 Å². The molecule has 24 heavy (non-hydrogen) atoms. The second-order valence-corrected chi connectivity index (χ2v) is 5.05. The molecule has 0 bridgehead atoms. The van der Waals surface area contributed by atoms with Gasteiger partial charge in [0.1, 0.15) is 5.75 Å². The number of likely N-dealkylation sites (tertiary alicyclic amines) is 1. The molecule has 1 fully saturated rings. The summed E-state index contributed by atoms with van der Waals surface area (Å²) in [6, 6.07) is 5.82. The van der Waals surface area contributed by atoms with Crippen molar-refractivity contribution in [3.63, 3.8) is 0 Å². The molecule has 0 aliphatic carbocycles. The van der Waals surface area contributed by atoms with E-state index in [1.165, 1.54) is 24.1 Å². The Balaban J connectivity index is -0.000000533. The number of hydrogen-bond donors (Lipinski definition) is 1. The third kappa shape index (κ3) is 9.12. The highest BCUT2D eigenvalue weighted by Crippen LogP contribution is 2.31. The van der Waals surface area contributed by atoms with Gasteiger partial charge in [0.15, 0.2) is 0 Å². The third-order valence-corrected chi connectivity index (χ3v) is 3.68. The minimum atomic E-state index is 0.402. The van der Waals surface area contributed by atoms with Crippen LogP contribution >= 0.6 is 0 Å². The highest BCUT2D eigenvalue weighted by atomic mass is 16.3. The van der Waals surface area contributed by atoms with Gasteiger partial charge in [-0.25, -0.2) is 0 Å². The van der Waals surface area contributed by atoms with Crippen LogP contribution in [0, 0.1) is 6.92 Å². The van der Waals surface area contributed by atoms with Crippen LogP contribution in [0.4, 0.5) is 0 Å². The van der Waals surface area contributed by atoms with E-state index >= 15 is 0 Å². The van der Waals surface area contributed by atoms with Gasteiger partial charge in [0.25, 0.3) is 0 Å². The molecule has 0 amide bonds. The van der Waals surface area contributed by atoms with Gasteiger partial charge in [-0.1, -0.05) is 66.1 Å². The van der Waals surface area contributed by atoms with Crippen LogP contribution in [0.3, 0.4) is 0 Å². The maximum absolute atomic E-state index is 9.94. The summed E-state index contributed by atoms with van der Waals surface area (Å²) in [6.45, 7) is 18.4. The normalized spacial score (nSPS) is 13.2. The summed E-state index contributed by atoms with van der Waals surface area (Å²) in [5.41, 5.74) is 4.96. The largest absolute Gasteiger partial charge is 0.507 e. The molecule has 2 heteroatoms. The van der Waals surface area contributed by atoms with Gasteiger partial charge < -0.3 is 10.0 Å². The lowest BCUT2D eigenvalue weighted by Crippen LogP contribution is -2.26. The van der Waals surface area contributed by atoms with E-state index in [9.17, 15) is 5.11 Å². The molecule has 142 valence electrons. The van der Waals surface area contributed by atoms with Crippen molar-refractivity contribution in [2.75, 3.05) is 20.1 Å². The van der Waals surface area contributed by atoms with Crippen LogP contribution in [-0.4, -0.2) is 30.1 Å². The summed E-state index contributed by atoms with van der Waals surface area (Å²) in [5.74, 6) is 0.402. The highest BCUT2D eigenvalue weighted by molar-refractivity contribution is 5.72. The highest BCUT2D eigenvalue weighted by Gasteiger charge is 2.14. The molecule has 0 spiro atoms. The van der Waals surface area contributed by atoms with Crippen molar-refractivity contribution in [2.45, 2.75) is 75.6 Å². The summed E-state index contributed by atoms with van der Waals surface area (Å²) in [5, 5.41) is 9.94. The molecule has 1 aliphatic heterocycles. The number of nitrogens with zero attached hydrogens (tertiary/aromatic N) is 1. The van der Waals surface area contributed by atoms with E-state index in [1.54, 1.807) is 6.07 Å². The topological polar surface area (TPSA) is 23.5 Å². The van der Waals surface area contributed by atoms with Gasteiger partial charge in [-0.15, -0.1) is 0 Å². The molecule has 1 aliphatic rings. The first kappa shape index (κ1) is 25.0. The number of aryl methyl sites for hydroxylation is 1. The van der Waals surface area contributed by atoms with Crippen LogP contribution in [0.1, 0.15) is 81.2 Å². The molecule has 2 nitrogen and oxygen atoms in total. The Bertz CT molecular complexity index is 445. The average molecular weight is 339 g/mol. The predicted molar refractivity (Wildman–Crippen MR) is 113 cm³/mol. The van der Waals surface area contributed by atoms with Gasteiger partial charge in [-0.3, -0.25) is 0 Å². The molecule has 1 heterocycles. The predicted octanol–water partition coefficient (Wildman–Crippen LogP) is 6.91. The fraction of sp³-hybridized carbons (Fsp3) is 0.636. The second kappa shape index (κ2) is 16.6. The first-order valence-corrected chi connectivity index (χ1v) is 9.25. The van der Waals surface area contributed by atoms with Crippen LogP contribution in [-0.2, 0) is 0 Å². The van der Waals surface area contributed by atoms with E-state index in [0.717, 1.165) is 31.5 Å². The van der Waals surface area contributed by atoms with Gasteiger partial charge in [0, 0.05) is 20.0 Å². The molecule has 2 rings (SSSR count). The van der Waals surface area contributed by atoms with Crippen LogP contribution in [0.2, 0.25) is 0 Å². The first-order chi connectivity index (χ1) is 12.1. The minimum absolute atomic E-state index is 0.402. The number of phenols is 1. The quantitative estimate of drug-likeness (QED) is 0.601. The monoisotopic (exact) mass is 338 g/mol. The van der Waals surface area contributed by atoms with Gasteiger partial charge in [0.2, 0.25) is 0 Å². The number of piperidine rings is 1. The molecular formula is C22H43NO. The van der Waals surface area contributed by atoms with Gasteiger partial charge in [-0.05, 0) is 51.4 Å². The molecule has 0 saturated carbocycles. The summed E-state index contributed by atoms with van der Waals surface area (Å²) < 4.78 is 5.75. The molecule has 1 aromatic rings. The SMILES string of the molecule is CC.CC.CC.CC(=C1CCN(C)CC1)c1cc(C)ccc1O.[2H]C. The number of rotatable bonds is 1. The summed E-state index contributed by atoms with van der Waals surface area (Å²) in [4.78, 5) is 2.35. The summed E-state index contributed by atoms with van der Waals surface area (Å²) in [6.07, 6.45) is 2.24. The Kier molecular flexibility index (Phi) is 17.2. The van der Waals surface area contributed by atoms with Gasteiger partial charge in [-0.2, -0.15) is 0 Å². The lowest BCUT2D eigenvalue weighted by Gasteiger charge is -2.26. The molecule has 1 N–H and O–H groups in total. The molecule has 0 radical (unpaired) electrons. The fourth-order valence-electron chi connectivity index (χ4n) is 2.40. The Labute approximate surface area is 154 Å². The van der Waals surface area contributed by atoms with Crippen molar-refractivity contribution < 1.29 is 6.48 Å². The van der Waals surface area contributed by atoms with E-state index in [2.05, 4.69) is 31.9 Å². The standard InChI is InChI=1S/C15H21NO.3C2H6.CH4/c1-11-4-5-15(17)14(10-11)12(2)13-6-8-16(3)9-7-13;3*1-2;/h4-5,10,17H,6-9H2,1-3H3;3*1-2H3;1H4/i;;;;1D. The average Bonchev–Trinajstić information content (AvgIpc) is 2.70. The fourth-order valence-corrected chi connectivity index (χ4v) is 2.40. The van der Waals surface area contributed by atoms with E-state index in [4.69, 9.17) is 1.37 Å². The number of phenolic OH excluding ortho intramolecular Hbond substituents is 1. The van der Waals surface area contributed by atoms with Crippen LogP contribution in [0.15, 0.2) is 23.8 Å². The van der Waals surface area contributed by atoms with E-state index in [-0.39, 0.29) is 0 Å². The number of allylic oxidation sites excluding steroid dienone is 1. The van der Waals surface area contributed by atoms with Crippen molar-refractivity contribution in [1.29, 1.82) is 0 Å². The van der Waals surface area contributed by atoms with Crippen LogP contribution in [0.5, 0.6) is 5.75 Å². The van der Waals surface area contributed by atoms with Crippen LogP contribution < -0.4 is 0 Å². The Morgan fingerprint density at radius 1 is 1.04 bits per heavy atom. The zero-order valence-corrected chi connectivity index (χ0v) is 18.0. The van der Waals surface area contributed by atoms with Crippen molar-refractivity contribution in [1.82, 2.24) is 4.90 Å². The number of hydrogen-bond acceptors (Lipinski definition) is 2. The summed E-state index contributed by atoms with van der Waals surface area (Å²) in [7, 11) is 3.41. The van der Waals surface area contributed by atoms with Crippen molar-refractivity contribution in [2.24, 2.45) is 0 Å². The van der Waals surface area contributed by atoms with Crippen molar-refractivity contribution >= 4 is 5.57 Å². The molecule has 0 aromatic heterocycles.